The first kappa shape index (κ1) is 23.2. The minimum absolute atomic E-state index is 0.138. The summed E-state index contributed by atoms with van der Waals surface area (Å²) < 4.78 is 15.4. The average Bonchev–Trinajstić information content (AvgIpc) is 3.38. The molecule has 0 saturated carbocycles. The second-order valence-corrected chi connectivity index (χ2v) is 10.6. The zero-order valence-corrected chi connectivity index (χ0v) is 19.9. The number of carbonyl (C=O) groups is 2. The Bertz CT molecular complexity index is 1310. The Hall–Kier alpha value is -2.94. The van der Waals surface area contributed by atoms with E-state index in [9.17, 15) is 14.0 Å². The molecule has 4 rings (SSSR count). The normalized spacial score (nSPS) is 10.8. The van der Waals surface area contributed by atoms with Gasteiger partial charge in [0.2, 0.25) is 0 Å². The number of anilines is 1. The highest BCUT2D eigenvalue weighted by Crippen LogP contribution is 2.34. The van der Waals surface area contributed by atoms with E-state index in [-0.39, 0.29) is 16.6 Å². The summed E-state index contributed by atoms with van der Waals surface area (Å²) in [6.45, 7) is 0. The van der Waals surface area contributed by atoms with E-state index in [0.717, 1.165) is 16.2 Å². The van der Waals surface area contributed by atoms with Crippen molar-refractivity contribution >= 4 is 63.0 Å². The van der Waals surface area contributed by atoms with Crippen molar-refractivity contribution < 1.29 is 19.1 Å². The van der Waals surface area contributed by atoms with Crippen LogP contribution in [0.15, 0.2) is 73.1 Å². The number of halogens is 1. The molecule has 0 aliphatic rings. The Morgan fingerprint density at radius 1 is 1.15 bits per heavy atom. The van der Waals surface area contributed by atoms with Crippen molar-refractivity contribution in [2.24, 2.45) is 7.05 Å². The second kappa shape index (κ2) is 10.3. The lowest BCUT2D eigenvalue weighted by Crippen LogP contribution is -2.15. The van der Waals surface area contributed by atoms with E-state index in [0.29, 0.717) is 31.0 Å². The highest BCUT2D eigenvalue weighted by atomic mass is 32.2. The zero-order valence-electron chi connectivity index (χ0n) is 16.6. The molecule has 0 aliphatic carbocycles. The molecular formula is C19H13FN6O3S4. The summed E-state index contributed by atoms with van der Waals surface area (Å²) in [5.74, 6) is -0.870. The molecule has 14 heteroatoms. The Labute approximate surface area is 203 Å². The summed E-state index contributed by atoms with van der Waals surface area (Å²) in [5.41, 5.74) is 0.138. The van der Waals surface area contributed by atoms with Crippen LogP contribution >= 0.6 is 46.6 Å². The SMILES string of the molecule is Cn1cnnc1Sc1ccc(Sc2ccc(F)cc2)c(C(=O)Nc2ncc(SC(=O)O)s2)n1. The van der Waals surface area contributed by atoms with Crippen LogP contribution in [0, 0.1) is 5.82 Å². The first-order chi connectivity index (χ1) is 15.9. The molecule has 0 saturated heterocycles. The highest BCUT2D eigenvalue weighted by Gasteiger charge is 2.19. The topological polar surface area (TPSA) is 123 Å². The van der Waals surface area contributed by atoms with Gasteiger partial charge in [0.05, 0.1) is 10.4 Å². The molecule has 168 valence electrons. The van der Waals surface area contributed by atoms with E-state index >= 15 is 0 Å². The third kappa shape index (κ3) is 6.10. The molecular weight excluding hydrogens is 508 g/mol. The predicted octanol–water partition coefficient (Wildman–Crippen LogP) is 5.13. The molecule has 0 radical (unpaired) electrons. The summed E-state index contributed by atoms with van der Waals surface area (Å²) in [6.07, 6.45) is 2.94. The molecule has 4 aromatic rings. The van der Waals surface area contributed by atoms with Gasteiger partial charge >= 0.3 is 5.30 Å². The van der Waals surface area contributed by atoms with Crippen LogP contribution in [0.3, 0.4) is 0 Å². The van der Waals surface area contributed by atoms with Gasteiger partial charge in [0.1, 0.15) is 22.9 Å². The average molecular weight is 521 g/mol. The number of nitrogens with zero attached hydrogens (tertiary/aromatic N) is 5. The summed E-state index contributed by atoms with van der Waals surface area (Å²) in [7, 11) is 1.80. The number of carboxylic acid groups (broad SMARTS) is 1. The zero-order chi connectivity index (χ0) is 23.4. The van der Waals surface area contributed by atoms with Crippen molar-refractivity contribution in [3.05, 3.63) is 60.4 Å². The van der Waals surface area contributed by atoms with Crippen LogP contribution < -0.4 is 5.32 Å². The number of aromatic nitrogens is 5. The van der Waals surface area contributed by atoms with Crippen LogP contribution in [0.1, 0.15) is 10.5 Å². The number of pyridine rings is 1. The number of rotatable bonds is 7. The summed E-state index contributed by atoms with van der Waals surface area (Å²) in [6, 6.07) is 9.41. The molecule has 0 atom stereocenters. The third-order valence-corrected chi connectivity index (χ3v) is 7.58. The van der Waals surface area contributed by atoms with Crippen molar-refractivity contribution in [3.63, 3.8) is 0 Å². The van der Waals surface area contributed by atoms with E-state index in [4.69, 9.17) is 5.11 Å². The largest absolute Gasteiger partial charge is 0.473 e. The number of hydrogen-bond acceptors (Lipinski definition) is 10. The molecule has 1 aromatic carbocycles. The van der Waals surface area contributed by atoms with Crippen LogP contribution in [-0.4, -0.2) is 41.0 Å². The maximum Gasteiger partial charge on any atom is 0.370 e. The smallest absolute Gasteiger partial charge is 0.370 e. The Morgan fingerprint density at radius 3 is 2.64 bits per heavy atom. The van der Waals surface area contributed by atoms with Gasteiger partial charge in [-0.15, -0.1) is 10.2 Å². The van der Waals surface area contributed by atoms with E-state index in [1.54, 1.807) is 42.2 Å². The first-order valence-electron chi connectivity index (χ1n) is 9.01. The fourth-order valence-electron chi connectivity index (χ4n) is 2.43. The summed E-state index contributed by atoms with van der Waals surface area (Å²) in [5, 5.41) is 19.7. The minimum Gasteiger partial charge on any atom is -0.473 e. The fourth-order valence-corrected chi connectivity index (χ4v) is 5.50. The number of carbonyl (C=O) groups excluding carboxylic acids is 1. The molecule has 0 bridgehead atoms. The lowest BCUT2D eigenvalue weighted by atomic mass is 10.3. The number of hydrogen-bond donors (Lipinski definition) is 2. The van der Waals surface area contributed by atoms with Crippen molar-refractivity contribution in [1.29, 1.82) is 0 Å². The summed E-state index contributed by atoms with van der Waals surface area (Å²) in [4.78, 5) is 33.8. The molecule has 9 nitrogen and oxygen atoms in total. The molecule has 1 amide bonds. The molecule has 3 aromatic heterocycles. The maximum atomic E-state index is 13.3. The van der Waals surface area contributed by atoms with Crippen LogP contribution in [-0.2, 0) is 7.05 Å². The molecule has 3 heterocycles. The van der Waals surface area contributed by atoms with Gasteiger partial charge in [-0.3, -0.25) is 10.1 Å². The van der Waals surface area contributed by atoms with E-state index in [1.807, 2.05) is 0 Å². The number of thioether (sulfide) groups is 1. The van der Waals surface area contributed by atoms with Gasteiger partial charge in [-0.25, -0.2) is 19.2 Å². The van der Waals surface area contributed by atoms with Crippen molar-refractivity contribution in [2.75, 3.05) is 5.32 Å². The fraction of sp³-hybridized carbons (Fsp3) is 0.0526. The molecule has 0 aliphatic heterocycles. The van der Waals surface area contributed by atoms with E-state index < -0.39 is 11.2 Å². The second-order valence-electron chi connectivity index (χ2n) is 6.19. The number of nitrogens with one attached hydrogen (secondary N) is 1. The monoisotopic (exact) mass is 520 g/mol. The van der Waals surface area contributed by atoms with Crippen molar-refractivity contribution in [1.82, 2.24) is 24.7 Å². The van der Waals surface area contributed by atoms with E-state index in [2.05, 4.69) is 25.5 Å². The van der Waals surface area contributed by atoms with Gasteiger partial charge in [0, 0.05) is 28.6 Å². The quantitative estimate of drug-likeness (QED) is 0.317. The lowest BCUT2D eigenvalue weighted by Gasteiger charge is -2.10. The van der Waals surface area contributed by atoms with Gasteiger partial charge in [-0.2, -0.15) is 0 Å². The van der Waals surface area contributed by atoms with E-state index in [1.165, 1.54) is 41.9 Å². The van der Waals surface area contributed by atoms with Crippen LogP contribution in [0.4, 0.5) is 14.3 Å². The Morgan fingerprint density at radius 2 is 1.94 bits per heavy atom. The van der Waals surface area contributed by atoms with Crippen LogP contribution in [0.25, 0.3) is 0 Å². The van der Waals surface area contributed by atoms with Crippen LogP contribution in [0.5, 0.6) is 0 Å². The summed E-state index contributed by atoms with van der Waals surface area (Å²) >= 11 is 4.16. The van der Waals surface area contributed by atoms with Gasteiger partial charge < -0.3 is 9.67 Å². The van der Waals surface area contributed by atoms with Gasteiger partial charge in [0.15, 0.2) is 10.3 Å². The first-order valence-corrected chi connectivity index (χ1v) is 12.3. The minimum atomic E-state index is -1.07. The molecule has 0 spiro atoms. The Balaban J connectivity index is 1.62. The third-order valence-electron chi connectivity index (χ3n) is 3.85. The molecule has 33 heavy (non-hydrogen) atoms. The van der Waals surface area contributed by atoms with Crippen molar-refractivity contribution in [3.8, 4) is 0 Å². The van der Waals surface area contributed by atoms with Crippen molar-refractivity contribution in [2.45, 2.75) is 24.2 Å². The Kier molecular flexibility index (Phi) is 7.27. The standard InChI is InChI=1S/C19H13FN6O3S4/c1-26-9-22-25-18(26)31-13-7-6-12(30-11-4-2-10(20)3-5-11)15(23-13)16(27)24-17-21-8-14(32-17)33-19(28)29/h2-9H,1H3,(H,28,29)(H,21,24,27). The number of thiazole rings is 1. The predicted molar refractivity (Wildman–Crippen MR) is 124 cm³/mol. The number of benzene rings is 1. The van der Waals surface area contributed by atoms with Gasteiger partial charge in [0.25, 0.3) is 5.91 Å². The van der Waals surface area contributed by atoms with Crippen LogP contribution in [0.2, 0.25) is 0 Å². The molecule has 0 fully saturated rings. The molecule has 2 N–H and O–H groups in total. The van der Waals surface area contributed by atoms with Gasteiger partial charge in [-0.1, -0.05) is 23.1 Å². The number of amides is 1. The number of aryl methyl sites for hydroxylation is 1. The van der Waals surface area contributed by atoms with Gasteiger partial charge in [-0.05, 0) is 48.2 Å². The lowest BCUT2D eigenvalue weighted by molar-refractivity contribution is 0.101. The molecule has 0 unspecified atom stereocenters. The maximum absolute atomic E-state index is 13.3. The highest BCUT2D eigenvalue weighted by molar-refractivity contribution is 8.14.